The predicted octanol–water partition coefficient (Wildman–Crippen LogP) is 3.71. The lowest BCUT2D eigenvalue weighted by atomic mass is 9.96. The molecule has 0 aromatic heterocycles. The molecule has 0 aliphatic carbocycles. The third kappa shape index (κ3) is 5.69. The van der Waals surface area contributed by atoms with Crippen molar-refractivity contribution < 1.29 is 14.7 Å². The van der Waals surface area contributed by atoms with Gasteiger partial charge in [-0.3, -0.25) is 9.59 Å². The fourth-order valence-electron chi connectivity index (χ4n) is 2.04. The molecular weight excluding hydrogens is 240 g/mol. The smallest absolute Gasteiger partial charge is 0.303 e. The molecule has 1 rings (SSSR count). The molecule has 0 unspecified atom stereocenters. The third-order valence-corrected chi connectivity index (χ3v) is 3.15. The topological polar surface area (TPSA) is 54.4 Å². The van der Waals surface area contributed by atoms with E-state index in [2.05, 4.69) is 6.92 Å². The lowest BCUT2D eigenvalue weighted by Crippen LogP contribution is -2.10. The minimum absolute atomic E-state index is 0.0239. The minimum Gasteiger partial charge on any atom is -0.481 e. The number of carboxylic acids is 1. The monoisotopic (exact) mass is 262 g/mol. The van der Waals surface area contributed by atoms with Gasteiger partial charge in [0.25, 0.3) is 0 Å². The van der Waals surface area contributed by atoms with E-state index in [0.717, 1.165) is 19.3 Å². The van der Waals surface area contributed by atoms with Crippen molar-refractivity contribution >= 4 is 11.8 Å². The van der Waals surface area contributed by atoms with Crippen LogP contribution >= 0.6 is 0 Å². The Bertz CT molecular complexity index is 420. The van der Waals surface area contributed by atoms with Gasteiger partial charge in [-0.05, 0) is 24.3 Å². The van der Waals surface area contributed by atoms with E-state index in [1.807, 2.05) is 24.3 Å². The van der Waals surface area contributed by atoms with Crippen molar-refractivity contribution in [3.05, 3.63) is 35.4 Å². The van der Waals surface area contributed by atoms with E-state index in [9.17, 15) is 9.59 Å². The average Bonchev–Trinajstić information content (AvgIpc) is 2.35. The number of benzene rings is 1. The lowest BCUT2D eigenvalue weighted by Gasteiger charge is -2.08. The van der Waals surface area contributed by atoms with Crippen LogP contribution in [0, 0.1) is 5.92 Å². The van der Waals surface area contributed by atoms with Crippen molar-refractivity contribution in [3.8, 4) is 0 Å². The van der Waals surface area contributed by atoms with Crippen LogP contribution in [0.5, 0.6) is 0 Å². The summed E-state index contributed by atoms with van der Waals surface area (Å²) >= 11 is 0. The molecule has 0 bridgehead atoms. The number of hydrogen-bond acceptors (Lipinski definition) is 2. The van der Waals surface area contributed by atoms with Gasteiger partial charge >= 0.3 is 5.97 Å². The Hall–Kier alpha value is -1.64. The summed E-state index contributed by atoms with van der Waals surface area (Å²) in [5.74, 6) is -0.948. The van der Waals surface area contributed by atoms with E-state index < -0.39 is 5.97 Å². The summed E-state index contributed by atoms with van der Waals surface area (Å²) in [6.45, 7) is 3.95. The maximum absolute atomic E-state index is 12.0. The van der Waals surface area contributed by atoms with Crippen molar-refractivity contribution in [1.82, 2.24) is 0 Å². The fourth-order valence-corrected chi connectivity index (χ4v) is 2.04. The molecule has 0 spiro atoms. The van der Waals surface area contributed by atoms with Crippen LogP contribution < -0.4 is 0 Å². The summed E-state index contributed by atoms with van der Waals surface area (Å²) in [7, 11) is 0. The van der Waals surface area contributed by atoms with Crippen LogP contribution in [0.2, 0.25) is 0 Å². The van der Waals surface area contributed by atoms with Crippen molar-refractivity contribution in [2.24, 2.45) is 5.92 Å². The number of carbonyl (C=O) groups excluding carboxylic acids is 1. The Balaban J connectivity index is 2.55. The summed E-state index contributed by atoms with van der Waals surface area (Å²) in [6, 6.07) is 7.68. The Morgan fingerprint density at radius 1 is 1.16 bits per heavy atom. The normalized spacial score (nSPS) is 12.1. The highest BCUT2D eigenvalue weighted by molar-refractivity contribution is 5.96. The van der Waals surface area contributed by atoms with Crippen LogP contribution in [0.4, 0.5) is 0 Å². The average molecular weight is 262 g/mol. The zero-order valence-corrected chi connectivity index (χ0v) is 11.7. The second-order valence-electron chi connectivity index (χ2n) is 5.13. The number of carboxylic acid groups (broad SMARTS) is 1. The van der Waals surface area contributed by atoms with Gasteiger partial charge in [-0.1, -0.05) is 44.5 Å². The molecule has 0 fully saturated rings. The largest absolute Gasteiger partial charge is 0.481 e. The maximum atomic E-state index is 12.0. The molecule has 0 aliphatic heterocycles. The number of ketones is 1. The van der Waals surface area contributed by atoms with E-state index in [-0.39, 0.29) is 18.1 Å². The molecule has 0 heterocycles. The second kappa shape index (κ2) is 7.72. The second-order valence-corrected chi connectivity index (χ2v) is 5.13. The highest BCUT2D eigenvalue weighted by atomic mass is 16.4. The van der Waals surface area contributed by atoms with Crippen LogP contribution in [0.1, 0.15) is 55.5 Å². The van der Waals surface area contributed by atoms with Gasteiger partial charge in [-0.2, -0.15) is 0 Å². The summed E-state index contributed by atoms with van der Waals surface area (Å²) < 4.78 is 0. The lowest BCUT2D eigenvalue weighted by molar-refractivity contribution is -0.137. The Morgan fingerprint density at radius 3 is 2.32 bits per heavy atom. The number of carbonyl (C=O) groups is 2. The predicted molar refractivity (Wildman–Crippen MR) is 75.4 cm³/mol. The standard InChI is InChI=1S/C16H22O3/c1-3-4-5-13-6-8-14(9-7-13)15(17)10-12(2)11-16(18)19/h6-9,12H,3-5,10-11H2,1-2H3,(H,18,19)/t12-/m1/s1. The van der Waals surface area contributed by atoms with Crippen molar-refractivity contribution in [1.29, 1.82) is 0 Å². The molecule has 0 radical (unpaired) electrons. The zero-order valence-electron chi connectivity index (χ0n) is 11.7. The van der Waals surface area contributed by atoms with E-state index >= 15 is 0 Å². The molecule has 1 atom stereocenters. The third-order valence-electron chi connectivity index (χ3n) is 3.15. The molecule has 1 N–H and O–H groups in total. The van der Waals surface area contributed by atoms with E-state index in [1.54, 1.807) is 6.92 Å². The number of aliphatic carboxylic acids is 1. The SMILES string of the molecule is CCCCc1ccc(C(=O)C[C@@H](C)CC(=O)O)cc1. The molecular formula is C16H22O3. The molecule has 104 valence electrons. The number of unbranched alkanes of at least 4 members (excludes halogenated alkanes) is 1. The number of Topliss-reactive ketones (excluding diaryl/α,β-unsaturated/α-hetero) is 1. The minimum atomic E-state index is -0.852. The van der Waals surface area contributed by atoms with Gasteiger partial charge in [0.2, 0.25) is 0 Å². The summed E-state index contributed by atoms with van der Waals surface area (Å²) in [4.78, 5) is 22.5. The van der Waals surface area contributed by atoms with Crippen molar-refractivity contribution in [2.75, 3.05) is 0 Å². The summed E-state index contributed by atoms with van der Waals surface area (Å²) in [5.41, 5.74) is 1.93. The first-order valence-corrected chi connectivity index (χ1v) is 6.86. The van der Waals surface area contributed by atoms with Gasteiger partial charge in [0.05, 0.1) is 0 Å². The van der Waals surface area contributed by atoms with Gasteiger partial charge in [-0.25, -0.2) is 0 Å². The Kier molecular flexibility index (Phi) is 6.26. The van der Waals surface area contributed by atoms with Crippen LogP contribution in [0.25, 0.3) is 0 Å². The molecule has 1 aromatic rings. The summed E-state index contributed by atoms with van der Waals surface area (Å²) in [5, 5.41) is 8.67. The van der Waals surface area contributed by atoms with Crippen LogP contribution in [0.3, 0.4) is 0 Å². The number of rotatable bonds is 8. The molecule has 0 amide bonds. The first-order chi connectivity index (χ1) is 9.02. The molecule has 1 aromatic carbocycles. The quantitative estimate of drug-likeness (QED) is 0.726. The van der Waals surface area contributed by atoms with Crippen LogP contribution in [0.15, 0.2) is 24.3 Å². The zero-order chi connectivity index (χ0) is 14.3. The fraction of sp³-hybridized carbons (Fsp3) is 0.500. The molecule has 19 heavy (non-hydrogen) atoms. The van der Waals surface area contributed by atoms with Crippen molar-refractivity contribution in [2.45, 2.75) is 46.0 Å². The number of hydrogen-bond donors (Lipinski definition) is 1. The molecule has 0 saturated carbocycles. The van der Waals surface area contributed by atoms with Gasteiger partial charge in [0.15, 0.2) is 5.78 Å². The Morgan fingerprint density at radius 2 is 1.79 bits per heavy atom. The number of aryl methyl sites for hydroxylation is 1. The van der Waals surface area contributed by atoms with Gasteiger partial charge in [0, 0.05) is 18.4 Å². The Labute approximate surface area is 114 Å². The van der Waals surface area contributed by atoms with Gasteiger partial charge in [-0.15, -0.1) is 0 Å². The highest BCUT2D eigenvalue weighted by Crippen LogP contribution is 2.14. The molecule has 3 nitrogen and oxygen atoms in total. The molecule has 0 saturated heterocycles. The van der Waals surface area contributed by atoms with Gasteiger partial charge in [0.1, 0.15) is 0 Å². The van der Waals surface area contributed by atoms with E-state index in [1.165, 1.54) is 5.56 Å². The highest BCUT2D eigenvalue weighted by Gasteiger charge is 2.14. The van der Waals surface area contributed by atoms with E-state index in [4.69, 9.17) is 5.11 Å². The van der Waals surface area contributed by atoms with Gasteiger partial charge < -0.3 is 5.11 Å². The maximum Gasteiger partial charge on any atom is 0.303 e. The molecule has 0 aliphatic rings. The summed E-state index contributed by atoms with van der Waals surface area (Å²) in [6.07, 6.45) is 3.69. The van der Waals surface area contributed by atoms with Crippen molar-refractivity contribution in [3.63, 3.8) is 0 Å². The first-order valence-electron chi connectivity index (χ1n) is 6.86. The van der Waals surface area contributed by atoms with E-state index in [0.29, 0.717) is 12.0 Å². The van der Waals surface area contributed by atoms with Crippen LogP contribution in [-0.4, -0.2) is 16.9 Å². The molecule has 3 heteroatoms. The first kappa shape index (κ1) is 15.4. The van der Waals surface area contributed by atoms with Crippen LogP contribution in [-0.2, 0) is 11.2 Å².